The van der Waals surface area contributed by atoms with Crippen molar-refractivity contribution in [1.82, 2.24) is 15.6 Å². The van der Waals surface area contributed by atoms with Gasteiger partial charge in [0, 0.05) is 37.0 Å². The predicted octanol–water partition coefficient (Wildman–Crippen LogP) is 2.04. The molecule has 3 N–H and O–H groups in total. The van der Waals surface area contributed by atoms with Gasteiger partial charge in [0.05, 0.1) is 5.56 Å². The summed E-state index contributed by atoms with van der Waals surface area (Å²) in [4.78, 5) is 38.7. The lowest BCUT2D eigenvalue weighted by atomic mass is 10.1. The van der Waals surface area contributed by atoms with E-state index in [4.69, 9.17) is 16.3 Å². The quantitative estimate of drug-likeness (QED) is 0.569. The molecular formula is C19H22ClN3O4. The van der Waals surface area contributed by atoms with E-state index in [2.05, 4.69) is 15.6 Å². The molecule has 0 saturated carbocycles. The molecule has 1 heterocycles. The molecule has 0 radical (unpaired) electrons. The number of halogens is 1. The molecule has 2 aromatic rings. The summed E-state index contributed by atoms with van der Waals surface area (Å²) < 4.78 is 5.24. The zero-order valence-corrected chi connectivity index (χ0v) is 15.7. The molecule has 144 valence electrons. The Labute approximate surface area is 162 Å². The Hall–Kier alpha value is -2.64. The van der Waals surface area contributed by atoms with Crippen molar-refractivity contribution in [1.29, 1.82) is 0 Å². The van der Waals surface area contributed by atoms with E-state index in [0.29, 0.717) is 36.8 Å². The molecule has 0 aliphatic carbocycles. The van der Waals surface area contributed by atoms with E-state index in [1.165, 1.54) is 18.3 Å². The first-order valence-corrected chi connectivity index (χ1v) is 8.99. The van der Waals surface area contributed by atoms with Gasteiger partial charge in [-0.3, -0.25) is 14.4 Å². The average Bonchev–Trinajstić information content (AvgIpc) is 2.67. The fourth-order valence-corrected chi connectivity index (χ4v) is 2.48. The molecule has 0 bridgehead atoms. The molecule has 0 fully saturated rings. The topological polar surface area (TPSA) is 100 Å². The number of pyridine rings is 1. The molecule has 2 amide bonds. The lowest BCUT2D eigenvalue weighted by Crippen LogP contribution is -2.41. The van der Waals surface area contributed by atoms with E-state index < -0.39 is 11.9 Å². The standard InChI is InChI=1S/C19H22ClN3O4/c1-2-27-11-3-10-21-19(26)17(13-4-7-15(20)8-5-13)23-18(25)14-6-9-16(24)22-12-14/h4-9,12,17H,2-3,10-11H2,1H3,(H,21,26)(H,22,24)(H,23,25)/t17-/m0/s1. The number of H-pyrrole nitrogens is 1. The summed E-state index contributed by atoms with van der Waals surface area (Å²) in [5, 5.41) is 6.02. The number of aromatic amines is 1. The summed E-state index contributed by atoms with van der Waals surface area (Å²) in [7, 11) is 0. The first-order valence-electron chi connectivity index (χ1n) is 8.61. The van der Waals surface area contributed by atoms with Crippen molar-refractivity contribution in [2.24, 2.45) is 0 Å². The van der Waals surface area contributed by atoms with Gasteiger partial charge in [0.2, 0.25) is 11.5 Å². The number of benzene rings is 1. The smallest absolute Gasteiger partial charge is 0.253 e. The van der Waals surface area contributed by atoms with Gasteiger partial charge < -0.3 is 20.4 Å². The molecule has 27 heavy (non-hydrogen) atoms. The van der Waals surface area contributed by atoms with Crippen LogP contribution in [0.1, 0.15) is 35.3 Å². The minimum atomic E-state index is -0.895. The van der Waals surface area contributed by atoms with Crippen LogP contribution in [-0.4, -0.2) is 36.6 Å². The zero-order chi connectivity index (χ0) is 19.6. The van der Waals surface area contributed by atoms with Crippen molar-refractivity contribution in [3.8, 4) is 0 Å². The summed E-state index contributed by atoms with van der Waals surface area (Å²) in [6.45, 7) is 3.50. The number of carbonyl (C=O) groups excluding carboxylic acids is 2. The summed E-state index contributed by atoms with van der Waals surface area (Å²) in [6.07, 6.45) is 1.97. The van der Waals surface area contributed by atoms with E-state index in [1.54, 1.807) is 24.3 Å². The van der Waals surface area contributed by atoms with Crippen LogP contribution >= 0.6 is 11.6 Å². The average molecular weight is 392 g/mol. The van der Waals surface area contributed by atoms with Gasteiger partial charge >= 0.3 is 0 Å². The number of carbonyl (C=O) groups is 2. The van der Waals surface area contributed by atoms with Gasteiger partial charge in [-0.1, -0.05) is 23.7 Å². The van der Waals surface area contributed by atoms with Crippen molar-refractivity contribution in [3.63, 3.8) is 0 Å². The highest BCUT2D eigenvalue weighted by atomic mass is 35.5. The molecule has 1 atom stereocenters. The highest BCUT2D eigenvalue weighted by molar-refractivity contribution is 6.30. The largest absolute Gasteiger partial charge is 0.382 e. The number of rotatable bonds is 9. The molecular weight excluding hydrogens is 370 g/mol. The van der Waals surface area contributed by atoms with Crippen LogP contribution in [0, 0.1) is 0 Å². The van der Waals surface area contributed by atoms with Gasteiger partial charge in [0.15, 0.2) is 0 Å². The monoisotopic (exact) mass is 391 g/mol. The summed E-state index contributed by atoms with van der Waals surface area (Å²) in [5.74, 6) is -0.817. The van der Waals surface area contributed by atoms with Gasteiger partial charge in [-0.2, -0.15) is 0 Å². The third-order valence-electron chi connectivity index (χ3n) is 3.76. The van der Waals surface area contributed by atoms with Crippen LogP contribution < -0.4 is 16.2 Å². The van der Waals surface area contributed by atoms with Crippen LogP contribution in [-0.2, 0) is 9.53 Å². The fraction of sp³-hybridized carbons (Fsp3) is 0.316. The molecule has 1 aromatic heterocycles. The lowest BCUT2D eigenvalue weighted by molar-refractivity contribution is -0.123. The van der Waals surface area contributed by atoms with Gasteiger partial charge in [-0.15, -0.1) is 0 Å². The van der Waals surface area contributed by atoms with Crippen molar-refractivity contribution >= 4 is 23.4 Å². The SMILES string of the molecule is CCOCCCNC(=O)[C@@H](NC(=O)c1ccc(=O)[nH]c1)c1ccc(Cl)cc1. The molecule has 8 heteroatoms. The summed E-state index contributed by atoms with van der Waals surface area (Å²) in [6, 6.07) is 8.41. The Morgan fingerprint density at radius 1 is 1.19 bits per heavy atom. The number of hydrogen-bond donors (Lipinski definition) is 3. The molecule has 7 nitrogen and oxygen atoms in total. The second kappa shape index (κ2) is 10.5. The van der Waals surface area contributed by atoms with Gasteiger partial charge in [-0.25, -0.2) is 0 Å². The highest BCUT2D eigenvalue weighted by Crippen LogP contribution is 2.17. The van der Waals surface area contributed by atoms with E-state index in [9.17, 15) is 14.4 Å². The second-order valence-corrected chi connectivity index (χ2v) is 6.18. The number of ether oxygens (including phenoxy) is 1. The molecule has 1 aromatic carbocycles. The predicted molar refractivity (Wildman–Crippen MR) is 103 cm³/mol. The maximum absolute atomic E-state index is 12.6. The van der Waals surface area contributed by atoms with Crippen LogP contribution in [0.15, 0.2) is 47.4 Å². The highest BCUT2D eigenvalue weighted by Gasteiger charge is 2.23. The molecule has 2 rings (SSSR count). The van der Waals surface area contributed by atoms with Crippen LogP contribution in [0.4, 0.5) is 0 Å². The van der Waals surface area contributed by atoms with Crippen LogP contribution in [0.3, 0.4) is 0 Å². The van der Waals surface area contributed by atoms with Crippen LogP contribution in [0.2, 0.25) is 5.02 Å². The number of aromatic nitrogens is 1. The Balaban J connectivity index is 2.10. The van der Waals surface area contributed by atoms with E-state index in [0.717, 1.165) is 0 Å². The molecule has 0 saturated heterocycles. The molecule has 0 spiro atoms. The van der Waals surface area contributed by atoms with Gasteiger partial charge in [-0.05, 0) is 37.1 Å². The Kier molecular flexibility index (Phi) is 8.03. The third kappa shape index (κ3) is 6.54. The minimum Gasteiger partial charge on any atom is -0.382 e. The Bertz CT molecular complexity index is 800. The molecule has 0 unspecified atom stereocenters. The van der Waals surface area contributed by atoms with Crippen molar-refractivity contribution in [3.05, 3.63) is 69.1 Å². The Morgan fingerprint density at radius 2 is 1.93 bits per heavy atom. The van der Waals surface area contributed by atoms with Crippen molar-refractivity contribution < 1.29 is 14.3 Å². The molecule has 0 aliphatic heterocycles. The van der Waals surface area contributed by atoms with Gasteiger partial charge in [0.1, 0.15) is 6.04 Å². The first-order chi connectivity index (χ1) is 13.0. The minimum absolute atomic E-state index is 0.248. The van der Waals surface area contributed by atoms with Crippen molar-refractivity contribution in [2.45, 2.75) is 19.4 Å². The zero-order valence-electron chi connectivity index (χ0n) is 15.0. The number of hydrogen-bond acceptors (Lipinski definition) is 4. The first kappa shape index (κ1) is 20.7. The summed E-state index contributed by atoms with van der Waals surface area (Å²) >= 11 is 5.91. The van der Waals surface area contributed by atoms with Gasteiger partial charge in [0.25, 0.3) is 5.91 Å². The fourth-order valence-electron chi connectivity index (χ4n) is 2.35. The molecule has 0 aliphatic rings. The summed E-state index contributed by atoms with van der Waals surface area (Å²) in [5.41, 5.74) is 0.532. The number of amides is 2. The van der Waals surface area contributed by atoms with Crippen LogP contribution in [0.25, 0.3) is 0 Å². The lowest BCUT2D eigenvalue weighted by Gasteiger charge is -2.19. The van der Waals surface area contributed by atoms with E-state index in [1.807, 2.05) is 6.92 Å². The maximum Gasteiger partial charge on any atom is 0.253 e. The second-order valence-electron chi connectivity index (χ2n) is 5.74. The van der Waals surface area contributed by atoms with Crippen molar-refractivity contribution in [2.75, 3.05) is 19.8 Å². The maximum atomic E-state index is 12.6. The third-order valence-corrected chi connectivity index (χ3v) is 4.01. The van der Waals surface area contributed by atoms with E-state index >= 15 is 0 Å². The normalized spacial score (nSPS) is 11.6. The number of nitrogens with one attached hydrogen (secondary N) is 3. The Morgan fingerprint density at radius 3 is 2.56 bits per heavy atom. The van der Waals surface area contributed by atoms with E-state index in [-0.39, 0.29) is 17.0 Å². The van der Waals surface area contributed by atoms with Crippen LogP contribution in [0.5, 0.6) is 0 Å².